The summed E-state index contributed by atoms with van der Waals surface area (Å²) >= 11 is 3.39. The third-order valence-electron chi connectivity index (χ3n) is 3.36. The summed E-state index contributed by atoms with van der Waals surface area (Å²) in [5, 5.41) is 8.68. The van der Waals surface area contributed by atoms with Gasteiger partial charge in [-0.25, -0.2) is 4.79 Å². The zero-order valence-electron chi connectivity index (χ0n) is 12.1. The van der Waals surface area contributed by atoms with Gasteiger partial charge in [0.1, 0.15) is 12.4 Å². The Balaban J connectivity index is 1.98. The van der Waals surface area contributed by atoms with E-state index in [2.05, 4.69) is 29.8 Å². The van der Waals surface area contributed by atoms with Crippen LogP contribution in [0.1, 0.15) is 32.3 Å². The van der Waals surface area contributed by atoms with E-state index in [-0.39, 0.29) is 11.7 Å². The van der Waals surface area contributed by atoms with E-state index in [0.29, 0.717) is 12.4 Å². The van der Waals surface area contributed by atoms with Crippen LogP contribution in [-0.2, 0) is 9.53 Å². The molecule has 0 spiro atoms. The van der Waals surface area contributed by atoms with Crippen molar-refractivity contribution < 1.29 is 19.4 Å². The van der Waals surface area contributed by atoms with Gasteiger partial charge in [0.15, 0.2) is 0 Å². The minimum absolute atomic E-state index is 0.0663. The predicted octanol–water partition coefficient (Wildman–Crippen LogP) is 3.88. The Bertz CT molecular complexity index is 551. The van der Waals surface area contributed by atoms with Crippen molar-refractivity contribution >= 4 is 28.0 Å². The molecule has 0 aromatic heterocycles. The third kappa shape index (κ3) is 4.86. The average molecular weight is 355 g/mol. The summed E-state index contributed by atoms with van der Waals surface area (Å²) in [5.41, 5.74) is 0.700. The van der Waals surface area contributed by atoms with Gasteiger partial charge < -0.3 is 14.6 Å². The Morgan fingerprint density at radius 3 is 2.95 bits per heavy atom. The lowest BCUT2D eigenvalue weighted by Gasteiger charge is -2.19. The number of benzene rings is 1. The number of aliphatic carboxylic acids is 1. The minimum atomic E-state index is -0.977. The molecule has 5 heteroatoms. The van der Waals surface area contributed by atoms with Crippen molar-refractivity contribution in [2.24, 2.45) is 0 Å². The molecule has 0 bridgehead atoms. The first-order chi connectivity index (χ1) is 9.85. The largest absolute Gasteiger partial charge is 0.491 e. The van der Waals surface area contributed by atoms with Crippen LogP contribution in [0.15, 0.2) is 28.7 Å². The molecule has 2 rings (SSSR count). The fourth-order valence-electron chi connectivity index (χ4n) is 2.28. The molecule has 1 heterocycles. The first kappa shape index (κ1) is 16.0. The van der Waals surface area contributed by atoms with E-state index < -0.39 is 5.97 Å². The molecule has 4 nitrogen and oxygen atoms in total. The van der Waals surface area contributed by atoms with Gasteiger partial charge in [-0.05, 0) is 56.5 Å². The van der Waals surface area contributed by atoms with Crippen LogP contribution < -0.4 is 4.74 Å². The summed E-state index contributed by atoms with van der Waals surface area (Å²) in [6.45, 7) is 4.68. The first-order valence-electron chi connectivity index (χ1n) is 6.87. The highest BCUT2D eigenvalue weighted by Crippen LogP contribution is 2.30. The zero-order valence-corrected chi connectivity index (χ0v) is 13.7. The maximum absolute atomic E-state index is 10.6. The average Bonchev–Trinajstić information content (AvgIpc) is 2.76. The Hall–Kier alpha value is -1.33. The van der Waals surface area contributed by atoms with E-state index >= 15 is 0 Å². The predicted molar refractivity (Wildman–Crippen MR) is 84.5 cm³/mol. The van der Waals surface area contributed by atoms with Crippen LogP contribution in [0.5, 0.6) is 5.75 Å². The molecule has 1 aliphatic rings. The molecule has 0 radical (unpaired) electrons. The second-order valence-electron chi connectivity index (χ2n) is 5.70. The molecule has 1 unspecified atom stereocenters. The summed E-state index contributed by atoms with van der Waals surface area (Å²) in [4.78, 5) is 10.6. The summed E-state index contributed by atoms with van der Waals surface area (Å²) in [7, 11) is 0. The number of carbonyl (C=O) groups is 1. The molecule has 114 valence electrons. The summed E-state index contributed by atoms with van der Waals surface area (Å²) in [6, 6.07) is 5.50. The van der Waals surface area contributed by atoms with Gasteiger partial charge in [-0.15, -0.1) is 0 Å². The maximum Gasteiger partial charge on any atom is 0.328 e. The van der Waals surface area contributed by atoms with Gasteiger partial charge in [0, 0.05) is 10.5 Å². The molecule has 0 saturated carbocycles. The second kappa shape index (κ2) is 6.62. The topological polar surface area (TPSA) is 55.8 Å². The van der Waals surface area contributed by atoms with Crippen molar-refractivity contribution in [1.82, 2.24) is 0 Å². The molecular weight excluding hydrogens is 336 g/mol. The van der Waals surface area contributed by atoms with Gasteiger partial charge >= 0.3 is 5.97 Å². The molecular formula is C16H19BrO4. The number of halogens is 1. The number of hydrogen-bond acceptors (Lipinski definition) is 3. The van der Waals surface area contributed by atoms with Crippen molar-refractivity contribution in [1.29, 1.82) is 0 Å². The molecule has 0 amide bonds. The van der Waals surface area contributed by atoms with Gasteiger partial charge in [0.2, 0.25) is 0 Å². The van der Waals surface area contributed by atoms with E-state index in [1.807, 2.05) is 18.2 Å². The van der Waals surface area contributed by atoms with E-state index in [9.17, 15) is 4.79 Å². The lowest BCUT2D eigenvalue weighted by atomic mass is 10.1. The van der Waals surface area contributed by atoms with Crippen molar-refractivity contribution in [2.45, 2.75) is 38.4 Å². The van der Waals surface area contributed by atoms with E-state index in [1.54, 1.807) is 0 Å². The number of ether oxygens (including phenoxy) is 2. The van der Waals surface area contributed by atoms with Gasteiger partial charge in [-0.1, -0.05) is 15.9 Å². The van der Waals surface area contributed by atoms with Crippen molar-refractivity contribution in [3.8, 4) is 5.75 Å². The Morgan fingerprint density at radius 2 is 2.33 bits per heavy atom. The summed E-state index contributed by atoms with van der Waals surface area (Å²) in [5.74, 6) is -0.272. The fraction of sp³-hybridized carbons (Fsp3) is 0.438. The van der Waals surface area contributed by atoms with Crippen LogP contribution in [0, 0.1) is 0 Å². The third-order valence-corrected chi connectivity index (χ3v) is 4.09. The molecule has 0 aliphatic carbocycles. The second-order valence-corrected chi connectivity index (χ2v) is 6.56. The molecule has 1 aliphatic heterocycles. The molecule has 1 atom stereocenters. The molecule has 1 N–H and O–H groups in total. The Morgan fingerprint density at radius 1 is 1.57 bits per heavy atom. The van der Waals surface area contributed by atoms with Crippen molar-refractivity contribution in [2.75, 3.05) is 6.61 Å². The van der Waals surface area contributed by atoms with Gasteiger partial charge in [-0.2, -0.15) is 0 Å². The zero-order chi connectivity index (χ0) is 15.5. The van der Waals surface area contributed by atoms with E-state index in [1.165, 1.54) is 6.08 Å². The normalized spacial score (nSPS) is 20.8. The number of rotatable bonds is 5. The van der Waals surface area contributed by atoms with Crippen LogP contribution in [0.3, 0.4) is 0 Å². The molecule has 1 aromatic carbocycles. The highest BCUT2D eigenvalue weighted by atomic mass is 79.9. The highest BCUT2D eigenvalue weighted by molar-refractivity contribution is 9.10. The maximum atomic E-state index is 10.6. The molecule has 21 heavy (non-hydrogen) atoms. The number of hydrogen-bond donors (Lipinski definition) is 1. The lowest BCUT2D eigenvalue weighted by molar-refractivity contribution is -0.131. The van der Waals surface area contributed by atoms with Crippen LogP contribution >= 0.6 is 15.9 Å². The smallest absolute Gasteiger partial charge is 0.328 e. The van der Waals surface area contributed by atoms with Crippen LogP contribution in [0.25, 0.3) is 6.08 Å². The van der Waals surface area contributed by atoms with Crippen LogP contribution in [0.2, 0.25) is 0 Å². The van der Waals surface area contributed by atoms with E-state index in [0.717, 1.165) is 29.0 Å². The quantitative estimate of drug-likeness (QED) is 0.815. The lowest BCUT2D eigenvalue weighted by Crippen LogP contribution is -2.23. The monoisotopic (exact) mass is 354 g/mol. The van der Waals surface area contributed by atoms with Crippen molar-refractivity contribution in [3.05, 3.63) is 34.3 Å². The standard InChI is InChI=1S/C16H19BrO4/c1-16(2)8-7-13(21-16)10-20-12-4-5-14(17)11(9-12)3-6-15(18)19/h3-6,9,13H,7-8,10H2,1-2H3,(H,18,19)/b6-3+. The summed E-state index contributed by atoms with van der Waals surface area (Å²) < 4.78 is 12.5. The highest BCUT2D eigenvalue weighted by Gasteiger charge is 2.31. The number of carboxylic acid groups (broad SMARTS) is 1. The van der Waals surface area contributed by atoms with E-state index in [4.69, 9.17) is 14.6 Å². The van der Waals surface area contributed by atoms with Crippen LogP contribution in [0.4, 0.5) is 0 Å². The van der Waals surface area contributed by atoms with Gasteiger partial charge in [0.25, 0.3) is 0 Å². The fourth-order valence-corrected chi connectivity index (χ4v) is 2.66. The van der Waals surface area contributed by atoms with Crippen LogP contribution in [-0.4, -0.2) is 29.4 Å². The first-order valence-corrected chi connectivity index (χ1v) is 7.66. The van der Waals surface area contributed by atoms with Gasteiger partial charge in [0.05, 0.1) is 11.7 Å². The van der Waals surface area contributed by atoms with Gasteiger partial charge in [-0.3, -0.25) is 0 Å². The minimum Gasteiger partial charge on any atom is -0.491 e. The van der Waals surface area contributed by atoms with Crippen molar-refractivity contribution in [3.63, 3.8) is 0 Å². The molecule has 1 fully saturated rings. The summed E-state index contributed by atoms with van der Waals surface area (Å²) in [6.07, 6.45) is 4.78. The molecule has 1 saturated heterocycles. The Labute approximate surface area is 132 Å². The SMILES string of the molecule is CC1(C)CCC(COc2ccc(Br)c(/C=C/C(=O)O)c2)O1. The Kier molecular flexibility index (Phi) is 5.06. The molecule has 1 aromatic rings. The number of carboxylic acids is 1.